The molecule has 0 saturated carbocycles. The molecule has 1 aromatic heterocycles. The zero-order chi connectivity index (χ0) is 14.8. The molecule has 0 saturated heterocycles. The van der Waals surface area contributed by atoms with E-state index in [0.29, 0.717) is 21.7 Å². The van der Waals surface area contributed by atoms with Crippen LogP contribution in [0.25, 0.3) is 0 Å². The summed E-state index contributed by atoms with van der Waals surface area (Å²) >= 11 is 3.19. The molecule has 1 heterocycles. The topological polar surface area (TPSA) is 94.3 Å². The number of anilines is 2. The van der Waals surface area contributed by atoms with E-state index in [0.717, 1.165) is 0 Å². The standard InChI is InChI=1S/C12H12BrN3O3S/c1-19-12-5-3-9(7-15-12)16-20(17,18)11-6-8(14)2-4-10(11)13/h2-7,16H,14H2,1H3. The highest BCUT2D eigenvalue weighted by Gasteiger charge is 2.18. The normalized spacial score (nSPS) is 11.1. The molecule has 2 aromatic rings. The van der Waals surface area contributed by atoms with E-state index in [9.17, 15) is 8.42 Å². The van der Waals surface area contributed by atoms with E-state index in [1.165, 1.54) is 19.4 Å². The highest BCUT2D eigenvalue weighted by Crippen LogP contribution is 2.26. The number of nitrogens with one attached hydrogen (secondary N) is 1. The van der Waals surface area contributed by atoms with Gasteiger partial charge in [-0.1, -0.05) is 0 Å². The summed E-state index contributed by atoms with van der Waals surface area (Å²) in [5, 5.41) is 0. The first-order chi connectivity index (χ1) is 9.42. The minimum Gasteiger partial charge on any atom is -0.481 e. The van der Waals surface area contributed by atoms with Gasteiger partial charge in [0.2, 0.25) is 5.88 Å². The van der Waals surface area contributed by atoms with Crippen LogP contribution in [0.4, 0.5) is 11.4 Å². The SMILES string of the molecule is COc1ccc(NS(=O)(=O)c2cc(N)ccc2Br)cn1. The molecule has 20 heavy (non-hydrogen) atoms. The molecular formula is C12H12BrN3O3S. The molecule has 0 radical (unpaired) electrons. The predicted octanol–water partition coefficient (Wildman–Crippen LogP) is 2.24. The van der Waals surface area contributed by atoms with Crippen LogP contribution in [0.1, 0.15) is 0 Å². The molecule has 0 aliphatic carbocycles. The number of methoxy groups -OCH3 is 1. The van der Waals surface area contributed by atoms with Crippen molar-refractivity contribution in [3.63, 3.8) is 0 Å². The van der Waals surface area contributed by atoms with Gasteiger partial charge >= 0.3 is 0 Å². The van der Waals surface area contributed by atoms with Gasteiger partial charge in [-0.15, -0.1) is 0 Å². The van der Waals surface area contributed by atoms with E-state index >= 15 is 0 Å². The maximum absolute atomic E-state index is 12.3. The minimum atomic E-state index is -3.74. The Kier molecular flexibility index (Phi) is 4.15. The van der Waals surface area contributed by atoms with Crippen molar-refractivity contribution in [3.05, 3.63) is 41.0 Å². The Hall–Kier alpha value is -1.80. The molecule has 0 aliphatic rings. The Bertz CT molecular complexity index is 717. The largest absolute Gasteiger partial charge is 0.481 e. The molecule has 0 atom stereocenters. The van der Waals surface area contributed by atoms with Gasteiger partial charge in [0.05, 0.1) is 19.0 Å². The second kappa shape index (κ2) is 5.68. The number of nitrogen functional groups attached to an aromatic ring is 1. The first kappa shape index (κ1) is 14.6. The van der Waals surface area contributed by atoms with Crippen molar-refractivity contribution in [2.45, 2.75) is 4.90 Å². The Morgan fingerprint density at radius 1 is 1.30 bits per heavy atom. The number of hydrogen-bond donors (Lipinski definition) is 2. The number of ether oxygens (including phenoxy) is 1. The highest BCUT2D eigenvalue weighted by molar-refractivity contribution is 9.10. The number of nitrogens with two attached hydrogens (primary N) is 1. The maximum Gasteiger partial charge on any atom is 0.263 e. The smallest absolute Gasteiger partial charge is 0.263 e. The molecule has 0 unspecified atom stereocenters. The van der Waals surface area contributed by atoms with Gasteiger partial charge in [-0.05, 0) is 40.2 Å². The van der Waals surface area contributed by atoms with Crippen molar-refractivity contribution in [1.82, 2.24) is 4.98 Å². The lowest BCUT2D eigenvalue weighted by Gasteiger charge is -2.10. The van der Waals surface area contributed by atoms with Crippen molar-refractivity contribution >= 4 is 37.3 Å². The molecule has 1 aromatic carbocycles. The molecule has 0 fully saturated rings. The van der Waals surface area contributed by atoms with E-state index in [1.54, 1.807) is 24.3 Å². The number of rotatable bonds is 4. The van der Waals surface area contributed by atoms with Gasteiger partial charge in [-0.3, -0.25) is 4.72 Å². The van der Waals surface area contributed by atoms with Crippen LogP contribution < -0.4 is 15.2 Å². The number of pyridine rings is 1. The van der Waals surface area contributed by atoms with Gasteiger partial charge in [0, 0.05) is 16.2 Å². The molecular weight excluding hydrogens is 346 g/mol. The maximum atomic E-state index is 12.3. The van der Waals surface area contributed by atoms with E-state index < -0.39 is 10.0 Å². The van der Waals surface area contributed by atoms with Crippen molar-refractivity contribution in [2.75, 3.05) is 17.6 Å². The van der Waals surface area contributed by atoms with Gasteiger partial charge in [0.15, 0.2) is 0 Å². The van der Waals surface area contributed by atoms with Crippen molar-refractivity contribution in [1.29, 1.82) is 0 Å². The summed E-state index contributed by atoms with van der Waals surface area (Å²) in [5.74, 6) is 0.401. The van der Waals surface area contributed by atoms with Crippen LogP contribution in [0.5, 0.6) is 5.88 Å². The number of benzene rings is 1. The van der Waals surface area contributed by atoms with Crippen LogP contribution in [0, 0.1) is 0 Å². The Balaban J connectivity index is 2.32. The van der Waals surface area contributed by atoms with Crippen molar-refractivity contribution in [3.8, 4) is 5.88 Å². The fourth-order valence-corrected chi connectivity index (χ4v) is 3.54. The lowest BCUT2D eigenvalue weighted by Crippen LogP contribution is -2.14. The molecule has 6 nitrogen and oxygen atoms in total. The lowest BCUT2D eigenvalue weighted by molar-refractivity contribution is 0.398. The molecule has 0 amide bonds. The third-order valence-corrected chi connectivity index (χ3v) is 4.82. The van der Waals surface area contributed by atoms with Crippen LogP contribution in [-0.4, -0.2) is 20.5 Å². The monoisotopic (exact) mass is 357 g/mol. The molecule has 8 heteroatoms. The lowest BCUT2D eigenvalue weighted by atomic mass is 10.3. The summed E-state index contributed by atoms with van der Waals surface area (Å²) in [4.78, 5) is 3.99. The second-order valence-electron chi connectivity index (χ2n) is 3.88. The zero-order valence-electron chi connectivity index (χ0n) is 10.5. The second-order valence-corrected chi connectivity index (χ2v) is 6.39. The average Bonchev–Trinajstić information content (AvgIpc) is 2.42. The summed E-state index contributed by atoms with van der Waals surface area (Å²) in [6.45, 7) is 0. The van der Waals surface area contributed by atoms with Gasteiger partial charge in [-0.2, -0.15) is 0 Å². The molecule has 0 aliphatic heterocycles. The summed E-state index contributed by atoms with van der Waals surface area (Å²) in [7, 11) is -2.26. The molecule has 0 bridgehead atoms. The third kappa shape index (κ3) is 3.20. The van der Waals surface area contributed by atoms with Crippen LogP contribution in [0.3, 0.4) is 0 Å². The van der Waals surface area contributed by atoms with Gasteiger partial charge in [-0.25, -0.2) is 13.4 Å². The van der Waals surface area contributed by atoms with Crippen LogP contribution >= 0.6 is 15.9 Å². The molecule has 3 N–H and O–H groups in total. The highest BCUT2D eigenvalue weighted by atomic mass is 79.9. The Morgan fingerprint density at radius 3 is 2.65 bits per heavy atom. The van der Waals surface area contributed by atoms with Crippen molar-refractivity contribution < 1.29 is 13.2 Å². The Morgan fingerprint density at radius 2 is 2.05 bits per heavy atom. The van der Waals surface area contributed by atoms with E-state index in [2.05, 4.69) is 25.6 Å². The third-order valence-electron chi connectivity index (χ3n) is 2.44. The van der Waals surface area contributed by atoms with E-state index in [1.807, 2.05) is 0 Å². The molecule has 106 valence electrons. The minimum absolute atomic E-state index is 0.0633. The van der Waals surface area contributed by atoms with Gasteiger partial charge in [0.1, 0.15) is 4.90 Å². The average molecular weight is 358 g/mol. The number of sulfonamides is 1. The fraction of sp³-hybridized carbons (Fsp3) is 0.0833. The number of nitrogens with zero attached hydrogens (tertiary/aromatic N) is 1. The molecule has 0 spiro atoms. The summed E-state index contributed by atoms with van der Waals surface area (Å²) in [6.07, 6.45) is 1.37. The van der Waals surface area contributed by atoms with E-state index in [-0.39, 0.29) is 4.90 Å². The van der Waals surface area contributed by atoms with E-state index in [4.69, 9.17) is 10.5 Å². The van der Waals surface area contributed by atoms with Crippen LogP contribution in [0.15, 0.2) is 45.9 Å². The summed E-state index contributed by atoms with van der Waals surface area (Å²) in [6, 6.07) is 7.69. The fourth-order valence-electron chi connectivity index (χ4n) is 1.50. The van der Waals surface area contributed by atoms with Crippen molar-refractivity contribution in [2.24, 2.45) is 0 Å². The first-order valence-corrected chi connectivity index (χ1v) is 7.78. The zero-order valence-corrected chi connectivity index (χ0v) is 12.9. The number of aromatic nitrogens is 1. The van der Waals surface area contributed by atoms with Crippen LogP contribution in [0.2, 0.25) is 0 Å². The molecule has 2 rings (SSSR count). The van der Waals surface area contributed by atoms with Gasteiger partial charge in [0.25, 0.3) is 10.0 Å². The summed E-state index contributed by atoms with van der Waals surface area (Å²) in [5.41, 5.74) is 6.31. The first-order valence-electron chi connectivity index (χ1n) is 5.50. The number of halogens is 1. The summed E-state index contributed by atoms with van der Waals surface area (Å²) < 4.78 is 32.3. The van der Waals surface area contributed by atoms with Crippen LogP contribution in [-0.2, 0) is 10.0 Å². The quantitative estimate of drug-likeness (QED) is 0.818. The van der Waals surface area contributed by atoms with Gasteiger partial charge < -0.3 is 10.5 Å². The predicted molar refractivity (Wildman–Crippen MR) is 80.2 cm³/mol. The number of hydrogen-bond acceptors (Lipinski definition) is 5. The Labute approximate surface area is 125 Å².